The average molecular weight is 235 g/mol. The van der Waals surface area contributed by atoms with Crippen molar-refractivity contribution < 1.29 is 4.74 Å². The van der Waals surface area contributed by atoms with Gasteiger partial charge in [0.05, 0.1) is 28.6 Å². The number of ether oxygens (including phenoxy) is 1. The van der Waals surface area contributed by atoms with E-state index in [2.05, 4.69) is 6.07 Å². The lowest BCUT2D eigenvalue weighted by Gasteiger charge is -2.04. The summed E-state index contributed by atoms with van der Waals surface area (Å²) in [5, 5.41) is 10.6. The fraction of sp³-hybridized carbons (Fsp3) is 0.250. The first kappa shape index (κ1) is 10.8. The molecule has 0 saturated carbocycles. The highest BCUT2D eigenvalue weighted by atomic mass is 35.5. The van der Waals surface area contributed by atoms with Crippen LogP contribution in [0.2, 0.25) is 5.02 Å². The number of aryl methyl sites for hydroxylation is 1. The molecule has 0 fully saturated rings. The maximum absolute atomic E-state index is 9.18. The summed E-state index contributed by atoms with van der Waals surface area (Å²) in [7, 11) is 3.48. The van der Waals surface area contributed by atoms with Crippen LogP contribution in [-0.4, -0.2) is 11.7 Å². The molecule has 1 heterocycles. The molecule has 0 aliphatic heterocycles. The predicted molar refractivity (Wildman–Crippen MR) is 63.9 cm³/mol. The van der Waals surface area contributed by atoms with Gasteiger partial charge in [-0.05, 0) is 19.1 Å². The van der Waals surface area contributed by atoms with Crippen molar-refractivity contribution >= 4 is 22.5 Å². The van der Waals surface area contributed by atoms with Crippen LogP contribution in [0.4, 0.5) is 0 Å². The lowest BCUT2D eigenvalue weighted by molar-refractivity contribution is 0.420. The molecule has 1 aromatic carbocycles. The minimum Gasteiger partial charge on any atom is -0.496 e. The molecule has 16 heavy (non-hydrogen) atoms. The standard InChI is InChI=1S/C12H11ClN2O/c1-7-8(6-14)11-10(16-3)5-4-9(13)12(11)15(7)2/h4-5H,1-3H3. The second-order valence-electron chi connectivity index (χ2n) is 3.60. The third kappa shape index (κ3) is 1.27. The Bertz CT molecular complexity index is 608. The van der Waals surface area contributed by atoms with Crippen LogP contribution in [0.1, 0.15) is 11.3 Å². The summed E-state index contributed by atoms with van der Waals surface area (Å²) >= 11 is 6.15. The Balaban J connectivity index is 3.06. The van der Waals surface area contributed by atoms with E-state index in [0.29, 0.717) is 16.3 Å². The van der Waals surface area contributed by atoms with Gasteiger partial charge in [0, 0.05) is 12.7 Å². The van der Waals surface area contributed by atoms with Gasteiger partial charge in [0.25, 0.3) is 0 Å². The predicted octanol–water partition coefficient (Wildman–Crippen LogP) is 3.02. The van der Waals surface area contributed by atoms with Crippen LogP contribution in [0.25, 0.3) is 10.9 Å². The maximum atomic E-state index is 9.18. The SMILES string of the molecule is COc1ccc(Cl)c2c1c(C#N)c(C)n2C. The Hall–Kier alpha value is -1.66. The highest BCUT2D eigenvalue weighted by molar-refractivity contribution is 6.35. The number of nitriles is 1. The van der Waals surface area contributed by atoms with Crippen molar-refractivity contribution in [1.29, 1.82) is 5.26 Å². The summed E-state index contributed by atoms with van der Waals surface area (Å²) in [4.78, 5) is 0. The van der Waals surface area contributed by atoms with Gasteiger partial charge in [-0.25, -0.2) is 0 Å². The minimum absolute atomic E-state index is 0.622. The summed E-state index contributed by atoms with van der Waals surface area (Å²) in [6.07, 6.45) is 0. The number of methoxy groups -OCH3 is 1. The molecule has 0 spiro atoms. The van der Waals surface area contributed by atoms with Gasteiger partial charge in [0.2, 0.25) is 0 Å². The molecule has 0 aliphatic rings. The molecule has 0 amide bonds. The molecule has 1 aromatic heterocycles. The monoisotopic (exact) mass is 234 g/mol. The normalized spacial score (nSPS) is 10.4. The van der Waals surface area contributed by atoms with Crippen LogP contribution in [0.15, 0.2) is 12.1 Å². The third-order valence-electron chi connectivity index (χ3n) is 2.87. The zero-order valence-electron chi connectivity index (χ0n) is 9.34. The number of hydrogen-bond acceptors (Lipinski definition) is 2. The molecule has 3 nitrogen and oxygen atoms in total. The fourth-order valence-corrected chi connectivity index (χ4v) is 2.22. The number of aromatic nitrogens is 1. The van der Waals surface area contributed by atoms with Crippen LogP contribution in [0.3, 0.4) is 0 Å². The van der Waals surface area contributed by atoms with Gasteiger partial charge in [-0.2, -0.15) is 5.26 Å². The van der Waals surface area contributed by atoms with Crippen molar-refractivity contribution in [2.75, 3.05) is 7.11 Å². The third-order valence-corrected chi connectivity index (χ3v) is 3.18. The molecule has 2 aromatic rings. The Labute approximate surface area is 98.8 Å². The molecular weight excluding hydrogens is 224 g/mol. The quantitative estimate of drug-likeness (QED) is 0.761. The number of hydrogen-bond donors (Lipinski definition) is 0. The molecule has 0 N–H and O–H groups in total. The summed E-state index contributed by atoms with van der Waals surface area (Å²) < 4.78 is 7.19. The van der Waals surface area contributed by atoms with E-state index < -0.39 is 0 Å². The van der Waals surface area contributed by atoms with Crippen LogP contribution < -0.4 is 4.74 Å². The summed E-state index contributed by atoms with van der Waals surface area (Å²) in [5.74, 6) is 0.680. The van der Waals surface area contributed by atoms with E-state index in [1.165, 1.54) is 0 Å². The van der Waals surface area contributed by atoms with Gasteiger partial charge in [-0.1, -0.05) is 11.6 Å². The number of nitrogens with zero attached hydrogens (tertiary/aromatic N) is 2. The zero-order valence-corrected chi connectivity index (χ0v) is 10.1. The highest BCUT2D eigenvalue weighted by Gasteiger charge is 2.17. The van der Waals surface area contributed by atoms with E-state index >= 15 is 0 Å². The minimum atomic E-state index is 0.622. The lowest BCUT2D eigenvalue weighted by atomic mass is 10.1. The summed E-state index contributed by atoms with van der Waals surface area (Å²) in [5.41, 5.74) is 2.36. The highest BCUT2D eigenvalue weighted by Crippen LogP contribution is 2.36. The Morgan fingerprint density at radius 3 is 2.69 bits per heavy atom. The number of halogens is 1. The van der Waals surface area contributed by atoms with E-state index in [1.54, 1.807) is 19.2 Å². The van der Waals surface area contributed by atoms with Gasteiger partial charge in [-0.15, -0.1) is 0 Å². The molecule has 0 radical (unpaired) electrons. The van der Waals surface area contributed by atoms with Crippen molar-refractivity contribution in [3.8, 4) is 11.8 Å². The first-order chi connectivity index (χ1) is 7.61. The van der Waals surface area contributed by atoms with Gasteiger partial charge in [0.15, 0.2) is 0 Å². The maximum Gasteiger partial charge on any atom is 0.129 e. The van der Waals surface area contributed by atoms with Gasteiger partial charge >= 0.3 is 0 Å². The summed E-state index contributed by atoms with van der Waals surface area (Å²) in [6.45, 7) is 1.90. The smallest absolute Gasteiger partial charge is 0.129 e. The first-order valence-corrected chi connectivity index (χ1v) is 5.21. The van der Waals surface area contributed by atoms with E-state index in [9.17, 15) is 5.26 Å². The van der Waals surface area contributed by atoms with Gasteiger partial charge < -0.3 is 9.30 Å². The van der Waals surface area contributed by atoms with E-state index in [4.69, 9.17) is 16.3 Å². The van der Waals surface area contributed by atoms with Gasteiger partial charge in [-0.3, -0.25) is 0 Å². The van der Waals surface area contributed by atoms with Gasteiger partial charge in [0.1, 0.15) is 11.8 Å². The van der Waals surface area contributed by atoms with E-state index in [0.717, 1.165) is 16.6 Å². The van der Waals surface area contributed by atoms with Crippen molar-refractivity contribution in [3.05, 3.63) is 28.4 Å². The molecular formula is C12H11ClN2O. The van der Waals surface area contributed by atoms with Crippen molar-refractivity contribution in [2.24, 2.45) is 7.05 Å². The number of benzene rings is 1. The molecule has 0 unspecified atom stereocenters. The molecule has 4 heteroatoms. The second-order valence-corrected chi connectivity index (χ2v) is 4.01. The van der Waals surface area contributed by atoms with Crippen LogP contribution in [-0.2, 0) is 7.05 Å². The lowest BCUT2D eigenvalue weighted by Crippen LogP contribution is -1.91. The first-order valence-electron chi connectivity index (χ1n) is 4.83. The van der Waals surface area contributed by atoms with Crippen LogP contribution in [0, 0.1) is 18.3 Å². The molecule has 0 aliphatic carbocycles. The molecule has 82 valence electrons. The number of fused-ring (bicyclic) bond motifs is 1. The topological polar surface area (TPSA) is 37.9 Å². The number of rotatable bonds is 1. The fourth-order valence-electron chi connectivity index (χ4n) is 1.94. The van der Waals surface area contributed by atoms with E-state index in [1.807, 2.05) is 18.5 Å². The zero-order chi connectivity index (χ0) is 11.9. The van der Waals surface area contributed by atoms with Crippen LogP contribution >= 0.6 is 11.6 Å². The Kier molecular flexibility index (Phi) is 2.53. The molecule has 0 bridgehead atoms. The van der Waals surface area contributed by atoms with Crippen molar-refractivity contribution in [3.63, 3.8) is 0 Å². The Morgan fingerprint density at radius 2 is 2.12 bits per heavy atom. The van der Waals surface area contributed by atoms with Crippen LogP contribution in [0.5, 0.6) is 5.75 Å². The molecule has 2 rings (SSSR count). The molecule has 0 atom stereocenters. The largest absolute Gasteiger partial charge is 0.496 e. The van der Waals surface area contributed by atoms with Crippen molar-refractivity contribution in [2.45, 2.75) is 6.92 Å². The van der Waals surface area contributed by atoms with E-state index in [-0.39, 0.29) is 0 Å². The molecule has 0 saturated heterocycles. The average Bonchev–Trinajstić information content (AvgIpc) is 2.54. The Morgan fingerprint density at radius 1 is 1.44 bits per heavy atom. The summed E-state index contributed by atoms with van der Waals surface area (Å²) in [6, 6.07) is 5.77. The second kappa shape index (κ2) is 3.73. The van der Waals surface area contributed by atoms with Crippen molar-refractivity contribution in [1.82, 2.24) is 4.57 Å².